The fraction of sp³-hybridized carbons (Fsp3) is 0.600. The van der Waals surface area contributed by atoms with Crippen LogP contribution in [-0.4, -0.2) is 23.5 Å². The summed E-state index contributed by atoms with van der Waals surface area (Å²) in [5, 5.41) is 6.21. The van der Waals surface area contributed by atoms with Crippen molar-refractivity contribution in [3.05, 3.63) is 29.8 Å². The van der Waals surface area contributed by atoms with Gasteiger partial charge in [0.05, 0.1) is 11.9 Å². The van der Waals surface area contributed by atoms with Crippen LogP contribution in [0.4, 0.5) is 4.39 Å². The van der Waals surface area contributed by atoms with Gasteiger partial charge >= 0.3 is 0 Å². The third-order valence-corrected chi connectivity index (χ3v) is 3.28. The highest BCUT2D eigenvalue weighted by Crippen LogP contribution is 2.13. The maximum atomic E-state index is 12.8. The van der Waals surface area contributed by atoms with Crippen molar-refractivity contribution in [1.82, 2.24) is 15.6 Å². The highest BCUT2D eigenvalue weighted by molar-refractivity contribution is 5.76. The average Bonchev–Trinajstić information content (AvgIpc) is 2.44. The zero-order valence-electron chi connectivity index (χ0n) is 12.4. The predicted octanol–water partition coefficient (Wildman–Crippen LogP) is 2.57. The first kappa shape index (κ1) is 16.6. The van der Waals surface area contributed by atoms with Gasteiger partial charge in [-0.05, 0) is 31.9 Å². The molecule has 0 radical (unpaired) electrons. The average molecular weight is 281 g/mol. The van der Waals surface area contributed by atoms with E-state index in [0.717, 1.165) is 18.5 Å². The van der Waals surface area contributed by atoms with Crippen molar-refractivity contribution in [1.29, 1.82) is 0 Å². The van der Waals surface area contributed by atoms with Crippen LogP contribution in [0.15, 0.2) is 18.3 Å². The van der Waals surface area contributed by atoms with E-state index in [-0.39, 0.29) is 23.8 Å². The first-order chi connectivity index (χ1) is 9.56. The molecule has 0 saturated carbocycles. The topological polar surface area (TPSA) is 54.0 Å². The Kier molecular flexibility index (Phi) is 7.15. The SMILES string of the molecule is CCC(C)NC(=O)CCNC(CC)c1ccc(F)cn1. The molecule has 1 aromatic heterocycles. The molecule has 5 heteroatoms. The van der Waals surface area contributed by atoms with Gasteiger partial charge in [-0.2, -0.15) is 0 Å². The van der Waals surface area contributed by atoms with Crippen LogP contribution in [0.1, 0.15) is 51.8 Å². The molecular weight excluding hydrogens is 257 g/mol. The van der Waals surface area contributed by atoms with E-state index in [2.05, 4.69) is 15.6 Å². The molecular formula is C15H24FN3O. The lowest BCUT2D eigenvalue weighted by atomic mass is 10.1. The minimum atomic E-state index is -0.337. The van der Waals surface area contributed by atoms with Crippen molar-refractivity contribution in [2.45, 2.75) is 52.1 Å². The highest BCUT2D eigenvalue weighted by atomic mass is 19.1. The molecule has 0 spiro atoms. The summed E-state index contributed by atoms with van der Waals surface area (Å²) in [5.74, 6) is -0.287. The Hall–Kier alpha value is -1.49. The van der Waals surface area contributed by atoms with Crippen molar-refractivity contribution in [3.63, 3.8) is 0 Å². The Morgan fingerprint density at radius 2 is 2.10 bits per heavy atom. The van der Waals surface area contributed by atoms with Crippen LogP contribution in [0.2, 0.25) is 0 Å². The van der Waals surface area contributed by atoms with Gasteiger partial charge in [-0.1, -0.05) is 13.8 Å². The number of carbonyl (C=O) groups excluding carboxylic acids is 1. The van der Waals surface area contributed by atoms with E-state index >= 15 is 0 Å². The fourth-order valence-corrected chi connectivity index (χ4v) is 1.86. The molecule has 1 aromatic rings. The van der Waals surface area contributed by atoms with Gasteiger partial charge < -0.3 is 10.6 Å². The lowest BCUT2D eigenvalue weighted by molar-refractivity contribution is -0.121. The van der Waals surface area contributed by atoms with Crippen molar-refractivity contribution in [2.75, 3.05) is 6.54 Å². The fourth-order valence-electron chi connectivity index (χ4n) is 1.86. The minimum Gasteiger partial charge on any atom is -0.354 e. The van der Waals surface area contributed by atoms with Crippen LogP contribution in [0, 0.1) is 5.82 Å². The number of rotatable bonds is 8. The standard InChI is InChI=1S/C15H24FN3O/c1-4-11(3)19-15(20)8-9-17-13(5-2)14-7-6-12(16)10-18-14/h6-7,10-11,13,17H,4-5,8-9H2,1-3H3,(H,19,20). The van der Waals surface area contributed by atoms with E-state index in [1.54, 1.807) is 6.07 Å². The van der Waals surface area contributed by atoms with Crippen LogP contribution in [0.3, 0.4) is 0 Å². The third-order valence-electron chi connectivity index (χ3n) is 3.28. The number of amides is 1. The summed E-state index contributed by atoms with van der Waals surface area (Å²) in [7, 11) is 0. The molecule has 112 valence electrons. The van der Waals surface area contributed by atoms with Gasteiger partial charge in [0.25, 0.3) is 0 Å². The Labute approximate surface area is 120 Å². The number of pyridine rings is 1. The maximum Gasteiger partial charge on any atom is 0.221 e. The molecule has 0 aliphatic rings. The van der Waals surface area contributed by atoms with Gasteiger partial charge in [-0.3, -0.25) is 9.78 Å². The number of carbonyl (C=O) groups is 1. The van der Waals surface area contributed by atoms with E-state index in [1.165, 1.54) is 12.3 Å². The summed E-state index contributed by atoms with van der Waals surface area (Å²) >= 11 is 0. The van der Waals surface area contributed by atoms with E-state index in [1.807, 2.05) is 20.8 Å². The van der Waals surface area contributed by atoms with Gasteiger partial charge in [0.1, 0.15) is 5.82 Å². The van der Waals surface area contributed by atoms with Crippen LogP contribution in [0.25, 0.3) is 0 Å². The van der Waals surface area contributed by atoms with Crippen LogP contribution in [0.5, 0.6) is 0 Å². The second-order valence-corrected chi connectivity index (χ2v) is 4.94. The summed E-state index contributed by atoms with van der Waals surface area (Å²) < 4.78 is 12.8. The normalized spacial score (nSPS) is 13.8. The van der Waals surface area contributed by atoms with Gasteiger partial charge in [0, 0.05) is 25.0 Å². The van der Waals surface area contributed by atoms with Crippen LogP contribution >= 0.6 is 0 Å². The molecule has 20 heavy (non-hydrogen) atoms. The second kappa shape index (κ2) is 8.64. The number of nitrogens with one attached hydrogen (secondary N) is 2. The lowest BCUT2D eigenvalue weighted by Gasteiger charge is -2.17. The largest absolute Gasteiger partial charge is 0.354 e. The Balaban J connectivity index is 2.38. The van der Waals surface area contributed by atoms with E-state index < -0.39 is 0 Å². The van der Waals surface area contributed by atoms with E-state index in [9.17, 15) is 9.18 Å². The first-order valence-electron chi connectivity index (χ1n) is 7.21. The molecule has 2 atom stereocenters. The zero-order chi connectivity index (χ0) is 15.0. The molecule has 2 N–H and O–H groups in total. The van der Waals surface area contributed by atoms with Crippen LogP contribution < -0.4 is 10.6 Å². The summed E-state index contributed by atoms with van der Waals surface area (Å²) in [6, 6.07) is 3.34. The molecule has 1 heterocycles. The van der Waals surface area contributed by atoms with Gasteiger partial charge in [-0.15, -0.1) is 0 Å². The number of nitrogens with zero attached hydrogens (tertiary/aromatic N) is 1. The van der Waals surface area contributed by atoms with Gasteiger partial charge in [0.15, 0.2) is 0 Å². The molecule has 1 rings (SSSR count). The molecule has 4 nitrogen and oxygen atoms in total. The Morgan fingerprint density at radius 1 is 1.35 bits per heavy atom. The highest BCUT2D eigenvalue weighted by Gasteiger charge is 2.11. The number of hydrogen-bond donors (Lipinski definition) is 2. The predicted molar refractivity (Wildman–Crippen MR) is 77.7 cm³/mol. The molecule has 0 aliphatic carbocycles. The lowest BCUT2D eigenvalue weighted by Crippen LogP contribution is -2.34. The number of hydrogen-bond acceptors (Lipinski definition) is 3. The Morgan fingerprint density at radius 3 is 2.65 bits per heavy atom. The molecule has 0 bridgehead atoms. The Bertz CT molecular complexity index is 408. The van der Waals surface area contributed by atoms with Gasteiger partial charge in [0.2, 0.25) is 5.91 Å². The second-order valence-electron chi connectivity index (χ2n) is 4.94. The smallest absolute Gasteiger partial charge is 0.221 e. The van der Waals surface area contributed by atoms with Crippen molar-refractivity contribution in [3.8, 4) is 0 Å². The van der Waals surface area contributed by atoms with Gasteiger partial charge in [-0.25, -0.2) is 4.39 Å². The first-order valence-corrected chi connectivity index (χ1v) is 7.21. The zero-order valence-corrected chi connectivity index (χ0v) is 12.4. The molecule has 0 fully saturated rings. The monoisotopic (exact) mass is 281 g/mol. The van der Waals surface area contributed by atoms with Crippen LogP contribution in [-0.2, 0) is 4.79 Å². The summed E-state index contributed by atoms with van der Waals surface area (Å²) in [5.41, 5.74) is 0.802. The number of halogens is 1. The summed E-state index contributed by atoms with van der Waals surface area (Å²) in [6.45, 7) is 6.64. The maximum absolute atomic E-state index is 12.8. The molecule has 0 aromatic carbocycles. The summed E-state index contributed by atoms with van der Waals surface area (Å²) in [6.07, 6.45) is 3.42. The molecule has 0 aliphatic heterocycles. The van der Waals surface area contributed by atoms with E-state index in [0.29, 0.717) is 13.0 Å². The van der Waals surface area contributed by atoms with E-state index in [4.69, 9.17) is 0 Å². The minimum absolute atomic E-state index is 0.0481. The third kappa shape index (κ3) is 5.65. The van der Waals surface area contributed by atoms with Crippen molar-refractivity contribution >= 4 is 5.91 Å². The molecule has 2 unspecified atom stereocenters. The summed E-state index contributed by atoms with van der Waals surface area (Å²) in [4.78, 5) is 15.7. The molecule has 1 amide bonds. The van der Waals surface area contributed by atoms with Crippen molar-refractivity contribution in [2.24, 2.45) is 0 Å². The quantitative estimate of drug-likeness (QED) is 0.770. The van der Waals surface area contributed by atoms with Crippen molar-refractivity contribution < 1.29 is 9.18 Å². The number of aromatic nitrogens is 1. The molecule has 0 saturated heterocycles.